The first-order chi connectivity index (χ1) is 16.0. The Bertz CT molecular complexity index is 1130. The van der Waals surface area contributed by atoms with Crippen molar-refractivity contribution in [2.24, 2.45) is 5.92 Å². The summed E-state index contributed by atoms with van der Waals surface area (Å²) in [7, 11) is 0. The van der Waals surface area contributed by atoms with Crippen LogP contribution < -0.4 is 11.1 Å². The number of likely N-dealkylation sites (tertiary alicyclic amines) is 1. The van der Waals surface area contributed by atoms with Gasteiger partial charge in [0.1, 0.15) is 5.82 Å². The number of pyridine rings is 2. The van der Waals surface area contributed by atoms with Gasteiger partial charge in [0.2, 0.25) is 0 Å². The van der Waals surface area contributed by atoms with Crippen molar-refractivity contribution in [3.05, 3.63) is 72.2 Å². The van der Waals surface area contributed by atoms with E-state index in [0.29, 0.717) is 30.4 Å². The van der Waals surface area contributed by atoms with Gasteiger partial charge in [0.15, 0.2) is 0 Å². The summed E-state index contributed by atoms with van der Waals surface area (Å²) < 4.78 is 0. The first-order valence-corrected chi connectivity index (χ1v) is 11.3. The number of hydrogen-bond donors (Lipinski definition) is 2. The van der Waals surface area contributed by atoms with Gasteiger partial charge in [-0.2, -0.15) is 0 Å². The molecule has 1 fully saturated rings. The molecule has 1 aromatic carbocycles. The highest BCUT2D eigenvalue weighted by atomic mass is 16.2. The number of carbonyl (C=O) groups is 2. The second-order valence-electron chi connectivity index (χ2n) is 8.59. The number of rotatable bonds is 4. The Balaban J connectivity index is 1.53. The largest absolute Gasteiger partial charge is 0.383 e. The highest BCUT2D eigenvalue weighted by molar-refractivity contribution is 6.39. The lowest BCUT2D eigenvalue weighted by atomic mass is 9.89. The number of hydrogen-bond acceptors (Lipinski definition) is 5. The lowest BCUT2D eigenvalue weighted by Crippen LogP contribution is -2.46. The van der Waals surface area contributed by atoms with Crippen LogP contribution in [-0.2, 0) is 16.0 Å². The predicted octanol–water partition coefficient (Wildman–Crippen LogP) is 4.23. The molecule has 3 heterocycles. The second-order valence-corrected chi connectivity index (χ2v) is 8.59. The van der Waals surface area contributed by atoms with Gasteiger partial charge in [0, 0.05) is 18.9 Å². The molecule has 2 aromatic heterocycles. The van der Waals surface area contributed by atoms with Crippen LogP contribution in [0.1, 0.15) is 43.9 Å². The van der Waals surface area contributed by atoms with Crippen LogP contribution >= 0.6 is 0 Å². The summed E-state index contributed by atoms with van der Waals surface area (Å²) in [5.74, 6) is -0.420. The van der Waals surface area contributed by atoms with Crippen LogP contribution in [0.5, 0.6) is 0 Å². The third-order valence-corrected chi connectivity index (χ3v) is 6.22. The molecule has 3 N–H and O–H groups in total. The van der Waals surface area contributed by atoms with E-state index in [1.54, 1.807) is 23.4 Å². The number of piperidine rings is 1. The van der Waals surface area contributed by atoms with E-state index in [9.17, 15) is 9.59 Å². The maximum Gasteiger partial charge on any atom is 0.313 e. The van der Waals surface area contributed by atoms with E-state index in [1.807, 2.05) is 31.2 Å². The molecule has 1 aliphatic heterocycles. The lowest BCUT2D eigenvalue weighted by molar-refractivity contribution is -0.146. The number of carbonyl (C=O) groups excluding carboxylic acids is 2. The summed E-state index contributed by atoms with van der Waals surface area (Å²) in [5, 5.41) is 2.70. The maximum atomic E-state index is 13.2. The third kappa shape index (κ3) is 5.03. The quantitative estimate of drug-likeness (QED) is 0.588. The van der Waals surface area contributed by atoms with Crippen LogP contribution in [0.4, 0.5) is 11.5 Å². The zero-order valence-corrected chi connectivity index (χ0v) is 19.0. The molecular formula is C26H29N5O2. The van der Waals surface area contributed by atoms with E-state index in [-0.39, 0.29) is 6.04 Å². The zero-order chi connectivity index (χ0) is 23.4. The van der Waals surface area contributed by atoms with Crippen LogP contribution in [0.15, 0.2) is 61.1 Å². The van der Waals surface area contributed by atoms with Crippen LogP contribution in [0.3, 0.4) is 0 Å². The first-order valence-electron chi connectivity index (χ1n) is 11.3. The summed E-state index contributed by atoms with van der Waals surface area (Å²) in [4.78, 5) is 35.9. The Hall–Kier alpha value is -3.74. The molecule has 3 aromatic rings. The van der Waals surface area contributed by atoms with Gasteiger partial charge in [0.25, 0.3) is 0 Å². The highest BCUT2D eigenvalue weighted by Crippen LogP contribution is 2.34. The Morgan fingerprint density at radius 2 is 1.79 bits per heavy atom. The summed E-state index contributed by atoms with van der Waals surface area (Å²) in [6.45, 7) is 4.62. The number of aromatic nitrogens is 2. The van der Waals surface area contributed by atoms with E-state index < -0.39 is 11.8 Å². The third-order valence-electron chi connectivity index (χ3n) is 6.22. The number of aryl methyl sites for hydroxylation is 1. The number of benzene rings is 1. The molecule has 0 spiro atoms. The number of anilines is 2. The average molecular weight is 444 g/mol. The standard InChI is InChI=1S/C26H29N5O2/c1-3-18-14-22(15-29-24(18)27)30-25(32)26(33)31-16-17(2)4-9-23(31)21-7-5-19(6-8-21)20-10-12-28-13-11-20/h5-8,10-15,17,23H,3-4,9,16H2,1-2H3,(H2,27,29)(H,30,32). The van der Waals surface area contributed by atoms with E-state index in [4.69, 9.17) is 5.73 Å². The SMILES string of the molecule is CCc1cc(NC(=O)C(=O)N2CC(C)CCC2c2ccc(-c3ccncc3)cc2)cnc1N. The minimum Gasteiger partial charge on any atom is -0.383 e. The van der Waals surface area contributed by atoms with Gasteiger partial charge in [-0.25, -0.2) is 4.98 Å². The summed E-state index contributed by atoms with van der Waals surface area (Å²) >= 11 is 0. The normalized spacial score (nSPS) is 18.1. The smallest absolute Gasteiger partial charge is 0.313 e. The van der Waals surface area contributed by atoms with E-state index in [1.165, 1.54) is 6.20 Å². The van der Waals surface area contributed by atoms with Gasteiger partial charge >= 0.3 is 11.8 Å². The van der Waals surface area contributed by atoms with Gasteiger partial charge < -0.3 is 16.0 Å². The number of nitrogens with zero attached hydrogens (tertiary/aromatic N) is 3. The van der Waals surface area contributed by atoms with Crippen molar-refractivity contribution >= 4 is 23.3 Å². The minimum absolute atomic E-state index is 0.137. The number of nitrogens with two attached hydrogens (primary N) is 1. The molecule has 2 atom stereocenters. The van der Waals surface area contributed by atoms with E-state index in [0.717, 1.165) is 35.1 Å². The maximum absolute atomic E-state index is 13.2. The summed E-state index contributed by atoms with van der Waals surface area (Å²) in [6, 6.07) is 13.8. The predicted molar refractivity (Wildman–Crippen MR) is 129 cm³/mol. The molecule has 1 aliphatic rings. The van der Waals surface area contributed by atoms with Crippen LogP contribution in [0, 0.1) is 5.92 Å². The topological polar surface area (TPSA) is 101 Å². The molecule has 33 heavy (non-hydrogen) atoms. The minimum atomic E-state index is -0.656. The van der Waals surface area contributed by atoms with Gasteiger partial charge in [-0.3, -0.25) is 14.6 Å². The van der Waals surface area contributed by atoms with Crippen LogP contribution in [-0.4, -0.2) is 33.2 Å². The molecule has 0 saturated carbocycles. The fourth-order valence-electron chi connectivity index (χ4n) is 4.35. The molecule has 1 saturated heterocycles. The van der Waals surface area contributed by atoms with Crippen LogP contribution in [0.2, 0.25) is 0 Å². The van der Waals surface area contributed by atoms with Crippen molar-refractivity contribution in [1.82, 2.24) is 14.9 Å². The van der Waals surface area contributed by atoms with Crippen molar-refractivity contribution in [2.75, 3.05) is 17.6 Å². The monoisotopic (exact) mass is 443 g/mol. The Kier molecular flexibility index (Phi) is 6.68. The van der Waals surface area contributed by atoms with Crippen LogP contribution in [0.25, 0.3) is 11.1 Å². The number of amides is 2. The molecular weight excluding hydrogens is 414 g/mol. The van der Waals surface area contributed by atoms with Crippen molar-refractivity contribution in [3.63, 3.8) is 0 Å². The zero-order valence-electron chi connectivity index (χ0n) is 19.0. The molecule has 0 bridgehead atoms. The number of nitrogen functional groups attached to an aromatic ring is 1. The molecule has 0 aliphatic carbocycles. The van der Waals surface area contributed by atoms with Gasteiger partial charge in [-0.1, -0.05) is 38.1 Å². The molecule has 2 amide bonds. The molecule has 4 rings (SSSR count). The fourth-order valence-corrected chi connectivity index (χ4v) is 4.35. The Morgan fingerprint density at radius 3 is 2.48 bits per heavy atom. The molecule has 0 radical (unpaired) electrons. The van der Waals surface area contributed by atoms with Gasteiger partial charge in [-0.15, -0.1) is 0 Å². The average Bonchev–Trinajstić information content (AvgIpc) is 2.85. The molecule has 2 unspecified atom stereocenters. The summed E-state index contributed by atoms with van der Waals surface area (Å²) in [5.41, 5.74) is 10.4. The fraction of sp³-hybridized carbons (Fsp3) is 0.308. The Morgan fingerprint density at radius 1 is 1.09 bits per heavy atom. The van der Waals surface area contributed by atoms with Crippen molar-refractivity contribution in [1.29, 1.82) is 0 Å². The van der Waals surface area contributed by atoms with Crippen molar-refractivity contribution < 1.29 is 9.59 Å². The summed E-state index contributed by atoms with van der Waals surface area (Å²) in [6.07, 6.45) is 7.53. The molecule has 7 heteroatoms. The Labute approximate surface area is 194 Å². The molecule has 7 nitrogen and oxygen atoms in total. The first kappa shape index (κ1) is 22.5. The highest BCUT2D eigenvalue weighted by Gasteiger charge is 2.34. The van der Waals surface area contributed by atoms with Gasteiger partial charge in [0.05, 0.1) is 17.9 Å². The van der Waals surface area contributed by atoms with E-state index >= 15 is 0 Å². The molecule has 170 valence electrons. The second kappa shape index (κ2) is 9.81. The van der Waals surface area contributed by atoms with Crippen molar-refractivity contribution in [2.45, 2.75) is 39.2 Å². The lowest BCUT2D eigenvalue weighted by Gasteiger charge is -2.38. The van der Waals surface area contributed by atoms with Crippen molar-refractivity contribution in [3.8, 4) is 11.1 Å². The van der Waals surface area contributed by atoms with Gasteiger partial charge in [-0.05, 0) is 65.6 Å². The number of nitrogens with one attached hydrogen (secondary N) is 1. The van der Waals surface area contributed by atoms with E-state index in [2.05, 4.69) is 34.3 Å².